The molecule has 1 fully saturated rings. The van der Waals surface area contributed by atoms with E-state index >= 15 is 0 Å². The predicted molar refractivity (Wildman–Crippen MR) is 104 cm³/mol. The summed E-state index contributed by atoms with van der Waals surface area (Å²) in [7, 11) is 4.24. The van der Waals surface area contributed by atoms with Gasteiger partial charge in [0.05, 0.1) is 0 Å². The number of hydrogen-bond acceptors (Lipinski definition) is 5. The number of benzene rings is 1. The van der Waals surface area contributed by atoms with Gasteiger partial charge in [0.2, 0.25) is 6.79 Å². The smallest absolute Gasteiger partial charge is 0.410 e. The first-order valence-corrected chi connectivity index (χ1v) is 10.00. The van der Waals surface area contributed by atoms with Crippen LogP contribution in [0.3, 0.4) is 0 Å². The van der Waals surface area contributed by atoms with Crippen LogP contribution in [0, 0.1) is 0 Å². The topological polar surface area (TPSA) is 51.2 Å². The monoisotopic (exact) mass is 376 g/mol. The highest BCUT2D eigenvalue weighted by atomic mass is 16.7. The molecule has 0 spiro atoms. The molecule has 0 aromatic heterocycles. The fourth-order valence-corrected chi connectivity index (χ4v) is 4.03. The minimum Gasteiger partial charge on any atom is -0.454 e. The van der Waals surface area contributed by atoms with Gasteiger partial charge in [-0.15, -0.1) is 0 Å². The maximum Gasteiger partial charge on any atom is 0.410 e. The van der Waals surface area contributed by atoms with E-state index in [2.05, 4.69) is 25.9 Å². The number of ether oxygens (including phenoxy) is 3. The molecule has 1 aromatic rings. The average Bonchev–Trinajstić information content (AvgIpc) is 3.10. The van der Waals surface area contributed by atoms with Gasteiger partial charge in [-0.05, 0) is 77.7 Å². The van der Waals surface area contributed by atoms with E-state index in [1.165, 1.54) is 0 Å². The highest BCUT2D eigenvalue weighted by Crippen LogP contribution is 2.33. The Morgan fingerprint density at radius 2 is 1.89 bits per heavy atom. The lowest BCUT2D eigenvalue weighted by Crippen LogP contribution is -2.43. The fourth-order valence-electron chi connectivity index (χ4n) is 4.03. The Bertz CT molecular complexity index is 641. The molecule has 27 heavy (non-hydrogen) atoms. The van der Waals surface area contributed by atoms with Gasteiger partial charge in [0.15, 0.2) is 11.5 Å². The summed E-state index contributed by atoms with van der Waals surface area (Å²) in [6, 6.07) is 6.63. The normalized spacial score (nSPS) is 22.6. The van der Waals surface area contributed by atoms with E-state index < -0.39 is 0 Å². The van der Waals surface area contributed by atoms with Crippen molar-refractivity contribution in [2.75, 3.05) is 27.4 Å². The molecular formula is C21H32N2O4. The Balaban J connectivity index is 1.53. The van der Waals surface area contributed by atoms with Crippen molar-refractivity contribution >= 4 is 6.09 Å². The standard InChI is InChI=1S/C21H32N2O4/c1-5-23(21(24)27-18-9-7-17(8-10-18)22(3)4)15(2)12-16-6-11-19-20(13-16)26-14-25-19/h6,11,13,15,17-18H,5,7-10,12,14H2,1-4H3. The first kappa shape index (κ1) is 19.8. The van der Waals surface area contributed by atoms with Crippen LogP contribution < -0.4 is 9.47 Å². The first-order chi connectivity index (χ1) is 13.0. The van der Waals surface area contributed by atoms with Gasteiger partial charge in [-0.25, -0.2) is 4.79 Å². The van der Waals surface area contributed by atoms with Crippen molar-refractivity contribution in [1.82, 2.24) is 9.80 Å². The second kappa shape index (κ2) is 8.83. The molecule has 2 aliphatic rings. The van der Waals surface area contributed by atoms with E-state index in [-0.39, 0.29) is 25.0 Å². The SMILES string of the molecule is CCN(C(=O)OC1CCC(N(C)C)CC1)C(C)Cc1ccc2c(c1)OCO2. The minimum absolute atomic E-state index is 0.0421. The minimum atomic E-state index is -0.195. The zero-order valence-corrected chi connectivity index (χ0v) is 16.9. The van der Waals surface area contributed by atoms with E-state index in [1.807, 2.05) is 30.0 Å². The number of rotatable bonds is 6. The van der Waals surface area contributed by atoms with Gasteiger partial charge in [0.25, 0.3) is 0 Å². The molecule has 0 N–H and O–H groups in total. The molecule has 6 nitrogen and oxygen atoms in total. The molecule has 3 rings (SSSR count). The zero-order chi connectivity index (χ0) is 19.4. The van der Waals surface area contributed by atoms with Crippen LogP contribution in [0.1, 0.15) is 45.1 Å². The molecule has 0 radical (unpaired) electrons. The number of amides is 1. The lowest BCUT2D eigenvalue weighted by atomic mass is 9.92. The van der Waals surface area contributed by atoms with Gasteiger partial charge in [0, 0.05) is 18.6 Å². The zero-order valence-electron chi connectivity index (χ0n) is 16.9. The largest absolute Gasteiger partial charge is 0.454 e. The molecule has 1 aliphatic heterocycles. The van der Waals surface area contributed by atoms with Crippen LogP contribution in [0.25, 0.3) is 0 Å². The molecule has 1 aliphatic carbocycles. The Morgan fingerprint density at radius 3 is 2.56 bits per heavy atom. The first-order valence-electron chi connectivity index (χ1n) is 10.00. The maximum atomic E-state index is 12.7. The molecule has 0 saturated heterocycles. The number of carbonyl (C=O) groups is 1. The van der Waals surface area contributed by atoms with E-state index in [1.54, 1.807) is 0 Å². The van der Waals surface area contributed by atoms with Gasteiger partial charge >= 0.3 is 6.09 Å². The average molecular weight is 376 g/mol. The third kappa shape index (κ3) is 4.86. The second-order valence-corrected chi connectivity index (χ2v) is 7.80. The lowest BCUT2D eigenvalue weighted by molar-refractivity contribution is 0.0276. The molecule has 1 unspecified atom stereocenters. The van der Waals surface area contributed by atoms with Crippen molar-refractivity contribution in [1.29, 1.82) is 0 Å². The molecule has 150 valence electrons. The summed E-state index contributed by atoms with van der Waals surface area (Å²) in [5.41, 5.74) is 1.13. The van der Waals surface area contributed by atoms with Gasteiger partial charge in [0.1, 0.15) is 6.10 Å². The molecule has 1 amide bonds. The number of carbonyl (C=O) groups excluding carboxylic acids is 1. The van der Waals surface area contributed by atoms with Crippen LogP contribution in [0.4, 0.5) is 4.79 Å². The fraction of sp³-hybridized carbons (Fsp3) is 0.667. The molecule has 0 bridgehead atoms. The number of fused-ring (bicyclic) bond motifs is 1. The van der Waals surface area contributed by atoms with Crippen LogP contribution in [-0.4, -0.2) is 61.5 Å². The van der Waals surface area contributed by atoms with Crippen LogP contribution >= 0.6 is 0 Å². The van der Waals surface area contributed by atoms with E-state index in [9.17, 15) is 4.79 Å². The van der Waals surface area contributed by atoms with E-state index in [0.29, 0.717) is 12.6 Å². The molecular weight excluding hydrogens is 344 g/mol. The Labute approximate surface area is 162 Å². The Hall–Kier alpha value is -1.95. The van der Waals surface area contributed by atoms with E-state index in [0.717, 1.165) is 49.2 Å². The Kier molecular flexibility index (Phi) is 6.47. The summed E-state index contributed by atoms with van der Waals surface area (Å²) in [6.45, 7) is 4.98. The summed E-state index contributed by atoms with van der Waals surface area (Å²) >= 11 is 0. The van der Waals surface area contributed by atoms with Crippen molar-refractivity contribution in [2.24, 2.45) is 0 Å². The number of nitrogens with zero attached hydrogens (tertiary/aromatic N) is 2. The molecule has 1 atom stereocenters. The van der Waals surface area contributed by atoms with Gasteiger partial charge < -0.3 is 24.0 Å². The van der Waals surface area contributed by atoms with Gasteiger partial charge in [-0.3, -0.25) is 0 Å². The van der Waals surface area contributed by atoms with Crippen LogP contribution in [0.5, 0.6) is 11.5 Å². The van der Waals surface area contributed by atoms with Crippen LogP contribution in [0.15, 0.2) is 18.2 Å². The summed E-state index contributed by atoms with van der Waals surface area (Å²) < 4.78 is 16.6. The van der Waals surface area contributed by atoms with Crippen LogP contribution in [0.2, 0.25) is 0 Å². The van der Waals surface area contributed by atoms with Crippen molar-refractivity contribution in [2.45, 2.75) is 64.1 Å². The maximum absolute atomic E-state index is 12.7. The summed E-state index contributed by atoms with van der Waals surface area (Å²) in [5, 5.41) is 0. The summed E-state index contributed by atoms with van der Waals surface area (Å²) in [4.78, 5) is 16.8. The predicted octanol–water partition coefficient (Wildman–Crippen LogP) is 3.68. The molecule has 6 heteroatoms. The highest BCUT2D eigenvalue weighted by Gasteiger charge is 2.28. The Morgan fingerprint density at radius 1 is 1.19 bits per heavy atom. The number of hydrogen-bond donors (Lipinski definition) is 0. The third-order valence-corrected chi connectivity index (χ3v) is 5.72. The third-order valence-electron chi connectivity index (χ3n) is 5.72. The molecule has 1 aromatic carbocycles. The van der Waals surface area contributed by atoms with Gasteiger partial charge in [-0.2, -0.15) is 0 Å². The van der Waals surface area contributed by atoms with Crippen molar-refractivity contribution in [3.05, 3.63) is 23.8 Å². The summed E-state index contributed by atoms with van der Waals surface area (Å²) in [5.74, 6) is 1.56. The number of likely N-dealkylation sites (N-methyl/N-ethyl adjacent to an activating group) is 1. The second-order valence-electron chi connectivity index (χ2n) is 7.80. The van der Waals surface area contributed by atoms with Gasteiger partial charge in [-0.1, -0.05) is 6.07 Å². The molecule has 1 heterocycles. The van der Waals surface area contributed by atoms with Crippen molar-refractivity contribution in [3.8, 4) is 11.5 Å². The quantitative estimate of drug-likeness (QED) is 0.758. The van der Waals surface area contributed by atoms with Crippen molar-refractivity contribution < 1.29 is 19.0 Å². The van der Waals surface area contributed by atoms with E-state index in [4.69, 9.17) is 14.2 Å². The van der Waals surface area contributed by atoms with Crippen LogP contribution in [-0.2, 0) is 11.2 Å². The molecule has 1 saturated carbocycles. The summed E-state index contributed by atoms with van der Waals surface area (Å²) in [6.07, 6.45) is 4.67. The van der Waals surface area contributed by atoms with Crippen molar-refractivity contribution in [3.63, 3.8) is 0 Å². The highest BCUT2D eigenvalue weighted by molar-refractivity contribution is 5.68. The lowest BCUT2D eigenvalue weighted by Gasteiger charge is -2.34.